The number of rotatable bonds is 2. The Morgan fingerprint density at radius 2 is 1.35 bits per heavy atom. The maximum absolute atomic E-state index is 13.3. The highest BCUT2D eigenvalue weighted by Gasteiger charge is 2.01. The standard InChI is InChI=1S/C14H9F3/c15-12-7-8-14(17)11(9-12)6-5-10-3-1-2-4-13(10)16/h1-9H. The van der Waals surface area contributed by atoms with Crippen molar-refractivity contribution >= 4 is 12.2 Å². The Morgan fingerprint density at radius 1 is 0.706 bits per heavy atom. The summed E-state index contributed by atoms with van der Waals surface area (Å²) in [5.74, 6) is -1.47. The molecule has 0 N–H and O–H groups in total. The van der Waals surface area contributed by atoms with Crippen molar-refractivity contribution in [3.8, 4) is 0 Å². The van der Waals surface area contributed by atoms with Crippen LogP contribution in [-0.2, 0) is 0 Å². The molecular weight excluding hydrogens is 225 g/mol. The van der Waals surface area contributed by atoms with Crippen molar-refractivity contribution in [2.45, 2.75) is 0 Å². The molecule has 0 amide bonds. The van der Waals surface area contributed by atoms with Gasteiger partial charge in [0.1, 0.15) is 17.5 Å². The van der Waals surface area contributed by atoms with Gasteiger partial charge in [-0.2, -0.15) is 0 Å². The molecule has 0 saturated heterocycles. The number of halogens is 3. The summed E-state index contributed by atoms with van der Waals surface area (Å²) >= 11 is 0. The predicted octanol–water partition coefficient (Wildman–Crippen LogP) is 4.27. The lowest BCUT2D eigenvalue weighted by molar-refractivity contribution is 0.598. The Kier molecular flexibility index (Phi) is 3.28. The first-order chi connectivity index (χ1) is 8.16. The highest BCUT2D eigenvalue weighted by Crippen LogP contribution is 2.15. The second-order valence-electron chi connectivity index (χ2n) is 3.52. The monoisotopic (exact) mass is 234 g/mol. The lowest BCUT2D eigenvalue weighted by Gasteiger charge is -1.98. The van der Waals surface area contributed by atoms with Crippen LogP contribution >= 0.6 is 0 Å². The van der Waals surface area contributed by atoms with Crippen LogP contribution in [-0.4, -0.2) is 0 Å². The van der Waals surface area contributed by atoms with Gasteiger partial charge in [0.15, 0.2) is 0 Å². The summed E-state index contributed by atoms with van der Waals surface area (Å²) in [6.07, 6.45) is 2.75. The fraction of sp³-hybridized carbons (Fsp3) is 0. The molecule has 17 heavy (non-hydrogen) atoms. The van der Waals surface area contributed by atoms with Gasteiger partial charge in [-0.05, 0) is 24.3 Å². The summed E-state index contributed by atoms with van der Waals surface area (Å²) in [7, 11) is 0. The zero-order valence-electron chi connectivity index (χ0n) is 8.83. The Morgan fingerprint density at radius 3 is 2.12 bits per heavy atom. The molecular formula is C14H9F3. The first kappa shape index (κ1) is 11.5. The average Bonchev–Trinajstić information content (AvgIpc) is 2.32. The van der Waals surface area contributed by atoms with Crippen molar-refractivity contribution in [2.75, 3.05) is 0 Å². The highest BCUT2D eigenvalue weighted by molar-refractivity contribution is 5.70. The summed E-state index contributed by atoms with van der Waals surface area (Å²) in [5, 5.41) is 0. The molecule has 0 aliphatic carbocycles. The molecule has 0 saturated carbocycles. The molecule has 0 unspecified atom stereocenters. The van der Waals surface area contributed by atoms with Gasteiger partial charge >= 0.3 is 0 Å². The van der Waals surface area contributed by atoms with E-state index in [1.165, 1.54) is 18.2 Å². The second-order valence-corrected chi connectivity index (χ2v) is 3.52. The van der Waals surface area contributed by atoms with Gasteiger partial charge in [-0.1, -0.05) is 30.4 Å². The van der Waals surface area contributed by atoms with Crippen LogP contribution in [0.1, 0.15) is 11.1 Å². The summed E-state index contributed by atoms with van der Waals surface area (Å²) in [6.45, 7) is 0. The van der Waals surface area contributed by atoms with Gasteiger partial charge in [-0.15, -0.1) is 0 Å². The molecule has 3 heteroatoms. The minimum absolute atomic E-state index is 0.0910. The molecule has 0 bridgehead atoms. The van der Waals surface area contributed by atoms with Gasteiger partial charge < -0.3 is 0 Å². The van der Waals surface area contributed by atoms with E-state index >= 15 is 0 Å². The van der Waals surface area contributed by atoms with Crippen LogP contribution in [0.5, 0.6) is 0 Å². The maximum Gasteiger partial charge on any atom is 0.130 e. The predicted molar refractivity (Wildman–Crippen MR) is 61.7 cm³/mol. The Hall–Kier alpha value is -2.03. The van der Waals surface area contributed by atoms with E-state index in [0.717, 1.165) is 18.2 Å². The van der Waals surface area contributed by atoms with Gasteiger partial charge in [0.25, 0.3) is 0 Å². The number of hydrogen-bond donors (Lipinski definition) is 0. The summed E-state index contributed by atoms with van der Waals surface area (Å²) in [4.78, 5) is 0. The van der Waals surface area contributed by atoms with Crippen LogP contribution in [0, 0.1) is 17.5 Å². The molecule has 0 aromatic heterocycles. The van der Waals surface area contributed by atoms with Crippen LogP contribution < -0.4 is 0 Å². The van der Waals surface area contributed by atoms with E-state index in [-0.39, 0.29) is 5.56 Å². The quantitative estimate of drug-likeness (QED) is 0.680. The Bertz CT molecular complexity index is 559. The molecule has 86 valence electrons. The van der Waals surface area contributed by atoms with E-state index in [2.05, 4.69) is 0 Å². The van der Waals surface area contributed by atoms with Crippen molar-refractivity contribution in [3.63, 3.8) is 0 Å². The molecule has 0 atom stereocenters. The summed E-state index contributed by atoms with van der Waals surface area (Å²) in [6, 6.07) is 9.24. The van der Waals surface area contributed by atoms with Crippen LogP contribution in [0.3, 0.4) is 0 Å². The lowest BCUT2D eigenvalue weighted by atomic mass is 10.1. The van der Waals surface area contributed by atoms with Crippen LogP contribution in [0.15, 0.2) is 42.5 Å². The molecule has 2 aromatic rings. The molecule has 0 heterocycles. The zero-order valence-corrected chi connectivity index (χ0v) is 8.83. The topological polar surface area (TPSA) is 0 Å². The van der Waals surface area contributed by atoms with E-state index < -0.39 is 17.5 Å². The summed E-state index contributed by atoms with van der Waals surface area (Å²) < 4.78 is 39.4. The molecule has 0 nitrogen and oxygen atoms in total. The van der Waals surface area contributed by atoms with Gasteiger partial charge in [-0.3, -0.25) is 0 Å². The van der Waals surface area contributed by atoms with E-state index in [4.69, 9.17) is 0 Å². The van der Waals surface area contributed by atoms with Crippen molar-refractivity contribution in [2.24, 2.45) is 0 Å². The van der Waals surface area contributed by atoms with Gasteiger partial charge in [-0.25, -0.2) is 13.2 Å². The minimum atomic E-state index is -0.543. The lowest BCUT2D eigenvalue weighted by Crippen LogP contribution is -1.84. The summed E-state index contributed by atoms with van der Waals surface area (Å²) in [5.41, 5.74) is 0.421. The van der Waals surface area contributed by atoms with Crippen LogP contribution in [0.25, 0.3) is 12.2 Å². The van der Waals surface area contributed by atoms with Crippen molar-refractivity contribution < 1.29 is 13.2 Å². The van der Waals surface area contributed by atoms with E-state index in [1.807, 2.05) is 0 Å². The molecule has 0 aliphatic heterocycles. The Balaban J connectivity index is 2.32. The fourth-order valence-electron chi connectivity index (χ4n) is 1.43. The fourth-order valence-corrected chi connectivity index (χ4v) is 1.43. The molecule has 2 aromatic carbocycles. The van der Waals surface area contributed by atoms with Crippen molar-refractivity contribution in [1.82, 2.24) is 0 Å². The molecule has 0 aliphatic rings. The third-order valence-electron chi connectivity index (χ3n) is 2.31. The van der Waals surface area contributed by atoms with E-state index in [0.29, 0.717) is 5.56 Å². The molecule has 0 radical (unpaired) electrons. The van der Waals surface area contributed by atoms with Crippen molar-refractivity contribution in [3.05, 3.63) is 71.0 Å². The third kappa shape index (κ3) is 2.75. The second kappa shape index (κ2) is 4.87. The average molecular weight is 234 g/mol. The van der Waals surface area contributed by atoms with Gasteiger partial charge in [0.2, 0.25) is 0 Å². The van der Waals surface area contributed by atoms with Crippen LogP contribution in [0.4, 0.5) is 13.2 Å². The number of hydrogen-bond acceptors (Lipinski definition) is 0. The Labute approximate surface area is 97.0 Å². The smallest absolute Gasteiger partial charge is 0.130 e. The van der Waals surface area contributed by atoms with Crippen LogP contribution in [0.2, 0.25) is 0 Å². The molecule has 0 fully saturated rings. The van der Waals surface area contributed by atoms with Gasteiger partial charge in [0, 0.05) is 11.1 Å². The largest absolute Gasteiger partial charge is 0.207 e. The molecule has 0 spiro atoms. The normalized spacial score (nSPS) is 11.0. The van der Waals surface area contributed by atoms with E-state index in [9.17, 15) is 13.2 Å². The minimum Gasteiger partial charge on any atom is -0.207 e. The first-order valence-electron chi connectivity index (χ1n) is 5.04. The van der Waals surface area contributed by atoms with Crippen molar-refractivity contribution in [1.29, 1.82) is 0 Å². The van der Waals surface area contributed by atoms with E-state index in [1.54, 1.807) is 18.2 Å². The zero-order chi connectivity index (χ0) is 12.3. The SMILES string of the molecule is Fc1ccc(F)c(C=Cc2ccccc2F)c1. The first-order valence-corrected chi connectivity index (χ1v) is 5.04. The number of benzene rings is 2. The highest BCUT2D eigenvalue weighted by atomic mass is 19.1. The van der Waals surface area contributed by atoms with Gasteiger partial charge in [0.05, 0.1) is 0 Å². The molecule has 2 rings (SSSR count). The maximum atomic E-state index is 13.3. The third-order valence-corrected chi connectivity index (χ3v) is 2.31.